The second-order valence-corrected chi connectivity index (χ2v) is 11.2. The molecule has 1 N–H and O–H groups in total. The van der Waals surface area contributed by atoms with Gasteiger partial charge >= 0.3 is 10.2 Å². The molecule has 0 atom stereocenters. The zero-order chi connectivity index (χ0) is 47.4. The molecule has 0 saturated heterocycles. The average molecular weight is 626 g/mol. The molecule has 2 amide bonds. The van der Waals surface area contributed by atoms with Gasteiger partial charge in [-0.25, -0.2) is 4.72 Å². The largest absolute Gasteiger partial charge is 0.497 e. The fourth-order valence-electron chi connectivity index (χ4n) is 4.87. The fourth-order valence-corrected chi connectivity index (χ4v) is 5.52. The summed E-state index contributed by atoms with van der Waals surface area (Å²) < 4.78 is 205. The van der Waals surface area contributed by atoms with Crippen LogP contribution in [0.15, 0.2) is 42.0 Å². The molecule has 11 heteroatoms. The lowest BCUT2D eigenvalue weighted by molar-refractivity contribution is -0.126. The number of hydrogen-bond donors (Lipinski definition) is 1. The Morgan fingerprint density at radius 2 is 1.81 bits per heavy atom. The number of benzene rings is 2. The van der Waals surface area contributed by atoms with Crippen molar-refractivity contribution >= 4 is 39.0 Å². The normalized spacial score (nSPS) is 38.3. The summed E-state index contributed by atoms with van der Waals surface area (Å²) in [7, 11) is -3.05. The summed E-state index contributed by atoms with van der Waals surface area (Å²) in [5, 5.41) is -0.417. The van der Waals surface area contributed by atoms with E-state index in [1.165, 1.54) is 30.0 Å². The molecule has 1 fully saturated rings. The molecule has 6 rings (SSSR count). The second kappa shape index (κ2) is 11.8. The van der Waals surface area contributed by atoms with Gasteiger partial charge in [0.1, 0.15) is 5.75 Å². The molecule has 1 aliphatic carbocycles. The molecule has 1 saturated carbocycles. The van der Waals surface area contributed by atoms with Crippen LogP contribution < -0.4 is 9.46 Å². The van der Waals surface area contributed by atoms with Gasteiger partial charge in [0.25, 0.3) is 11.8 Å². The Morgan fingerprint density at radius 3 is 2.58 bits per heavy atom. The van der Waals surface area contributed by atoms with Crippen LogP contribution in [0, 0.1) is 0 Å². The number of likely N-dealkylation sites (N-methyl/N-ethyl adjacent to an activating group) is 2. The van der Waals surface area contributed by atoms with E-state index in [2.05, 4.69) is 0 Å². The third kappa shape index (κ3) is 5.57. The van der Waals surface area contributed by atoms with Gasteiger partial charge < -0.3 is 18.9 Å². The Morgan fingerprint density at radius 1 is 1.05 bits per heavy atom. The first-order valence-electron chi connectivity index (χ1n) is 22.1. The Balaban J connectivity index is 1.81. The van der Waals surface area contributed by atoms with Crippen molar-refractivity contribution in [2.45, 2.75) is 44.3 Å². The number of nitrogens with one attached hydrogen (secondary N) is 1. The maximum absolute atomic E-state index is 14.5. The highest BCUT2D eigenvalue weighted by Gasteiger charge is 2.31. The summed E-state index contributed by atoms with van der Waals surface area (Å²) >= 11 is 0. The summed E-state index contributed by atoms with van der Waals surface area (Å²) in [4.78, 5) is 28.5. The van der Waals surface area contributed by atoms with Gasteiger partial charge in [0.15, 0.2) is 0 Å². The van der Waals surface area contributed by atoms with Crippen LogP contribution in [0.2, 0.25) is 0 Å². The predicted octanol–water partition coefficient (Wildman–Crippen LogP) is 4.16. The van der Waals surface area contributed by atoms with Gasteiger partial charge in [-0.05, 0) is 66.2 Å². The van der Waals surface area contributed by atoms with Crippen LogP contribution >= 0.6 is 0 Å². The fraction of sp³-hybridized carbons (Fsp3) is 0.438. The first-order valence-corrected chi connectivity index (χ1v) is 14.1. The molecular formula is C32H38N4O6S. The molecule has 1 aromatic heterocycles. The van der Waals surface area contributed by atoms with Gasteiger partial charge in [0, 0.05) is 72.5 Å². The van der Waals surface area contributed by atoms with E-state index in [0.717, 1.165) is 35.9 Å². The molecule has 2 aromatic carbocycles. The molecular weight excluding hydrogens is 568 g/mol. The molecule has 3 aromatic rings. The molecule has 43 heavy (non-hydrogen) atoms. The zero-order valence-electron chi connectivity index (χ0n) is 41.9. The molecule has 10 nitrogen and oxygen atoms in total. The number of nitrogens with zero attached hydrogens (tertiary/aromatic N) is 3. The van der Waals surface area contributed by atoms with E-state index in [0.29, 0.717) is 7.05 Å². The lowest BCUT2D eigenvalue weighted by Crippen LogP contribution is -2.42. The molecule has 3 heterocycles. The molecule has 228 valence electrons. The minimum Gasteiger partial charge on any atom is -0.497 e. The van der Waals surface area contributed by atoms with Crippen molar-refractivity contribution in [2.24, 2.45) is 0 Å². The van der Waals surface area contributed by atoms with Crippen LogP contribution in [0.4, 0.5) is 0 Å². The number of hydrogen-bond acceptors (Lipinski definition) is 6. The third-order valence-corrected chi connectivity index (χ3v) is 8.18. The number of ether oxygens (including phenoxy) is 2. The Bertz CT molecular complexity index is 2550. The lowest BCUT2D eigenvalue weighted by atomic mass is 9.81. The van der Waals surface area contributed by atoms with E-state index < -0.39 is 120 Å². The number of carbonyl (C=O) groups excluding carboxylic acids is 2. The number of methoxy groups -OCH3 is 1. The number of rotatable bonds is 2. The minimum atomic E-state index is -5.49. The lowest BCUT2D eigenvalue weighted by Gasteiger charge is -2.24. The summed E-state index contributed by atoms with van der Waals surface area (Å²) in [6.07, 6.45) is -18.8. The van der Waals surface area contributed by atoms with E-state index in [4.69, 9.17) is 34.1 Å². The second-order valence-electron chi connectivity index (χ2n) is 9.46. The monoisotopic (exact) mass is 625 g/mol. The quantitative estimate of drug-likeness (QED) is 0.458. The minimum absolute atomic E-state index is 0.0726. The molecule has 4 bridgehead atoms. The molecule has 3 aliphatic rings. The predicted molar refractivity (Wildman–Crippen MR) is 165 cm³/mol. The average Bonchev–Trinajstić information content (AvgIpc) is 3.36. The first-order chi connectivity index (χ1) is 27.8. The highest BCUT2D eigenvalue weighted by molar-refractivity contribution is 7.87. The van der Waals surface area contributed by atoms with Gasteiger partial charge in [-0.3, -0.25) is 9.59 Å². The van der Waals surface area contributed by atoms with E-state index in [-0.39, 0.29) is 31.6 Å². The summed E-state index contributed by atoms with van der Waals surface area (Å²) in [5.41, 5.74) is -2.89. The van der Waals surface area contributed by atoms with Crippen molar-refractivity contribution in [2.75, 3.05) is 47.3 Å². The first kappa shape index (κ1) is 14.4. The number of amides is 2. The van der Waals surface area contributed by atoms with Crippen molar-refractivity contribution in [3.05, 3.63) is 58.7 Å². The van der Waals surface area contributed by atoms with Crippen molar-refractivity contribution < 1.29 is 53.5 Å². The van der Waals surface area contributed by atoms with Gasteiger partial charge in [-0.1, -0.05) is 25.2 Å². The van der Waals surface area contributed by atoms with Gasteiger partial charge in [0.05, 0.1) is 40.7 Å². The SMILES string of the molecule is [2H]C1([2H])OC([2H])([2H])C([2H])([2H])N(C)S(=O)(=O)NC(=O)c2ccc3c(C4([2H])C([2H])([2H])C([2H])([2H])C([2H])([2H])C([2H])([2H])C4([2H])[2H])c4n(c3c2)CC(=Cc2cc(OC)ccc2-4)C(=O)N(C)C1([2H])[2H]. The summed E-state index contributed by atoms with van der Waals surface area (Å²) in [6, 6.07) is 6.68. The summed E-state index contributed by atoms with van der Waals surface area (Å²) in [5.74, 6) is -6.63. The van der Waals surface area contributed by atoms with E-state index in [9.17, 15) is 19.4 Å². The van der Waals surface area contributed by atoms with Gasteiger partial charge in [-0.15, -0.1) is 0 Å². The summed E-state index contributed by atoms with van der Waals surface area (Å²) in [6.45, 7) is -16.6. The maximum atomic E-state index is 14.5. The van der Waals surface area contributed by atoms with Gasteiger partial charge in [-0.2, -0.15) is 12.7 Å². The maximum Gasteiger partial charge on any atom is 0.303 e. The van der Waals surface area contributed by atoms with E-state index in [1.807, 2.05) is 0 Å². The number of aromatic nitrogens is 1. The highest BCUT2D eigenvalue weighted by Crippen LogP contribution is 2.47. The van der Waals surface area contributed by atoms with Crippen molar-refractivity contribution in [1.82, 2.24) is 18.5 Å². The van der Waals surface area contributed by atoms with Gasteiger partial charge in [0.2, 0.25) is 0 Å². The third-order valence-electron chi connectivity index (χ3n) is 6.93. The van der Waals surface area contributed by atoms with Crippen molar-refractivity contribution in [1.29, 1.82) is 0 Å². The van der Waals surface area contributed by atoms with Crippen LogP contribution in [0.3, 0.4) is 0 Å². The van der Waals surface area contributed by atoms with Crippen LogP contribution in [0.25, 0.3) is 28.2 Å². The van der Waals surface area contributed by atoms with Crippen LogP contribution in [-0.2, 0) is 26.3 Å². The molecule has 0 spiro atoms. The van der Waals surface area contributed by atoms with Crippen LogP contribution in [0.1, 0.15) is 85.3 Å². The van der Waals surface area contributed by atoms with Crippen molar-refractivity contribution in [3.63, 3.8) is 0 Å². The molecule has 0 unspecified atom stereocenters. The Labute approximate surface area is 279 Å². The highest BCUT2D eigenvalue weighted by atomic mass is 32.2. The Kier molecular flexibility index (Phi) is 3.95. The number of carbonyl (C=O) groups is 2. The van der Waals surface area contributed by atoms with Crippen molar-refractivity contribution in [3.8, 4) is 17.0 Å². The molecule has 2 aliphatic heterocycles. The Hall–Kier alpha value is -3.67. The topological polar surface area (TPSA) is 110 Å². The van der Waals surface area contributed by atoms with Crippen LogP contribution in [-0.4, -0.2) is 81.3 Å². The smallest absolute Gasteiger partial charge is 0.303 e. The van der Waals surface area contributed by atoms with E-state index in [1.54, 1.807) is 0 Å². The van der Waals surface area contributed by atoms with Crippen LogP contribution in [0.5, 0.6) is 5.75 Å². The standard InChI is InChI=1S/C32H38N4O6S/c1-34-13-15-42-16-14-35(2)43(39,40)33-31(37)22-9-11-27-28(19-22)36-20-24(32(34)38)17-23-18-25(41-3)10-12-26(23)30(36)29(27)21-7-5-4-6-8-21/h9-12,17-19,21H,4-8,13-16,20H2,1-3H3,(H,33,37)/i4D2,5D2,6D2,7D2,8D2,13D2,14D2,15D2,16D2,21D. The van der Waals surface area contributed by atoms with E-state index >= 15 is 0 Å². The molecule has 0 radical (unpaired) electrons. The number of fused-ring (bicyclic) bond motifs is 4. The zero-order valence-corrected chi connectivity index (χ0v) is 23.8.